The second-order valence-electron chi connectivity index (χ2n) is 5.20. The fourth-order valence-electron chi connectivity index (χ4n) is 2.37. The first-order valence-corrected chi connectivity index (χ1v) is 6.94. The van der Waals surface area contributed by atoms with Crippen LogP contribution in [0.2, 0.25) is 0 Å². The largest absolute Gasteiger partial charge is 0.479 e. The van der Waals surface area contributed by atoms with Gasteiger partial charge < -0.3 is 24.6 Å². The van der Waals surface area contributed by atoms with Crippen molar-refractivity contribution in [1.82, 2.24) is 5.32 Å². The first-order valence-electron chi connectivity index (χ1n) is 6.94. The van der Waals surface area contributed by atoms with E-state index in [-0.39, 0.29) is 31.6 Å². The maximum atomic E-state index is 11.8. The van der Waals surface area contributed by atoms with Crippen molar-refractivity contribution in [2.75, 3.05) is 33.0 Å². The molecule has 2 rings (SSSR count). The molecule has 0 bridgehead atoms. The molecule has 7 nitrogen and oxygen atoms in total. The smallest absolute Gasteiger partial charge is 0.331 e. The summed E-state index contributed by atoms with van der Waals surface area (Å²) in [7, 11) is 0. The number of hydrogen-bond donors (Lipinski definition) is 2. The fourth-order valence-corrected chi connectivity index (χ4v) is 2.37. The van der Waals surface area contributed by atoms with Gasteiger partial charge >= 0.3 is 5.97 Å². The van der Waals surface area contributed by atoms with Crippen molar-refractivity contribution in [3.63, 3.8) is 0 Å². The van der Waals surface area contributed by atoms with Gasteiger partial charge in [0.2, 0.25) is 5.91 Å². The fraction of sp³-hybridized carbons (Fsp3) is 0.846. The van der Waals surface area contributed by atoms with Gasteiger partial charge in [0.05, 0.1) is 25.9 Å². The molecule has 0 aromatic carbocycles. The highest BCUT2D eigenvalue weighted by atomic mass is 16.5. The minimum absolute atomic E-state index is 0.0187. The maximum Gasteiger partial charge on any atom is 0.331 e. The Morgan fingerprint density at radius 3 is 2.85 bits per heavy atom. The molecule has 0 spiro atoms. The molecule has 2 aliphatic heterocycles. The van der Waals surface area contributed by atoms with E-state index < -0.39 is 11.5 Å². The van der Waals surface area contributed by atoms with Crippen LogP contribution in [0, 0.1) is 0 Å². The molecule has 114 valence electrons. The van der Waals surface area contributed by atoms with Crippen molar-refractivity contribution in [1.29, 1.82) is 0 Å². The van der Waals surface area contributed by atoms with Crippen LogP contribution >= 0.6 is 0 Å². The van der Waals surface area contributed by atoms with Crippen molar-refractivity contribution < 1.29 is 28.9 Å². The minimum Gasteiger partial charge on any atom is -0.479 e. The Morgan fingerprint density at radius 1 is 1.40 bits per heavy atom. The monoisotopic (exact) mass is 287 g/mol. The molecule has 0 aliphatic carbocycles. The first kappa shape index (κ1) is 15.2. The minimum atomic E-state index is -1.27. The van der Waals surface area contributed by atoms with Crippen molar-refractivity contribution in [2.45, 2.75) is 37.3 Å². The molecule has 1 amide bonds. The van der Waals surface area contributed by atoms with E-state index in [4.69, 9.17) is 14.2 Å². The lowest BCUT2D eigenvalue weighted by Crippen LogP contribution is -2.55. The molecule has 20 heavy (non-hydrogen) atoms. The van der Waals surface area contributed by atoms with E-state index in [1.54, 1.807) is 0 Å². The van der Waals surface area contributed by atoms with E-state index in [1.807, 2.05) is 0 Å². The molecule has 0 radical (unpaired) electrons. The molecular weight excluding hydrogens is 266 g/mol. The Bertz CT molecular complexity index is 347. The molecule has 0 aromatic heterocycles. The van der Waals surface area contributed by atoms with Gasteiger partial charge in [0.25, 0.3) is 0 Å². The van der Waals surface area contributed by atoms with Gasteiger partial charge in [-0.15, -0.1) is 0 Å². The number of hydrogen-bond acceptors (Lipinski definition) is 5. The number of carbonyl (C=O) groups is 2. The number of carboxylic acid groups (broad SMARTS) is 1. The normalized spacial score (nSPS) is 29.5. The molecule has 2 N–H and O–H groups in total. The zero-order valence-electron chi connectivity index (χ0n) is 11.4. The second-order valence-corrected chi connectivity index (χ2v) is 5.20. The van der Waals surface area contributed by atoms with E-state index in [0.29, 0.717) is 19.6 Å². The molecule has 2 heterocycles. The number of nitrogens with one attached hydrogen (secondary N) is 1. The molecule has 2 saturated heterocycles. The molecule has 2 fully saturated rings. The number of aliphatic carboxylic acids is 1. The van der Waals surface area contributed by atoms with Gasteiger partial charge in [-0.25, -0.2) is 4.79 Å². The summed E-state index contributed by atoms with van der Waals surface area (Å²) in [6.07, 6.45) is 2.61. The number of ether oxygens (including phenoxy) is 3. The van der Waals surface area contributed by atoms with Gasteiger partial charge in [-0.2, -0.15) is 0 Å². The number of rotatable bonds is 7. The summed E-state index contributed by atoms with van der Waals surface area (Å²) in [5, 5.41) is 11.7. The molecule has 0 saturated carbocycles. The Hall–Kier alpha value is -1.18. The summed E-state index contributed by atoms with van der Waals surface area (Å²) in [5.41, 5.74) is -1.27. The summed E-state index contributed by atoms with van der Waals surface area (Å²) in [6, 6.07) is 0. The van der Waals surface area contributed by atoms with E-state index in [0.717, 1.165) is 19.4 Å². The zero-order chi connectivity index (χ0) is 14.4. The molecule has 2 atom stereocenters. The highest BCUT2D eigenvalue weighted by molar-refractivity contribution is 5.87. The standard InChI is InChI=1S/C13H21NO6/c15-11(3-6-18-8-10-2-1-5-20-10)14-13(12(16)17)4-7-19-9-13/h10H,1-9H2,(H,14,15)(H,16,17). The summed E-state index contributed by atoms with van der Waals surface area (Å²) in [6.45, 7) is 1.89. The predicted molar refractivity (Wildman–Crippen MR) is 68.4 cm³/mol. The molecule has 2 unspecified atom stereocenters. The van der Waals surface area contributed by atoms with Crippen LogP contribution < -0.4 is 5.32 Å². The molecule has 0 aromatic rings. The van der Waals surface area contributed by atoms with Gasteiger partial charge in [-0.1, -0.05) is 0 Å². The highest BCUT2D eigenvalue weighted by Gasteiger charge is 2.43. The van der Waals surface area contributed by atoms with Crippen molar-refractivity contribution >= 4 is 11.9 Å². The summed E-state index contributed by atoms with van der Waals surface area (Å²) >= 11 is 0. The molecule has 2 aliphatic rings. The summed E-state index contributed by atoms with van der Waals surface area (Å²) in [5.74, 6) is -1.38. The number of carboxylic acids is 1. The summed E-state index contributed by atoms with van der Waals surface area (Å²) in [4.78, 5) is 23.0. The molecule has 7 heteroatoms. The number of carbonyl (C=O) groups excluding carboxylic acids is 1. The van der Waals surface area contributed by atoms with Crippen LogP contribution in [-0.2, 0) is 23.8 Å². The van der Waals surface area contributed by atoms with Gasteiger partial charge in [0, 0.05) is 26.1 Å². The van der Waals surface area contributed by atoms with E-state index in [1.165, 1.54) is 0 Å². The maximum absolute atomic E-state index is 11.8. The van der Waals surface area contributed by atoms with Crippen molar-refractivity contribution in [3.05, 3.63) is 0 Å². The van der Waals surface area contributed by atoms with Crippen LogP contribution in [0.1, 0.15) is 25.7 Å². The Labute approximate surface area is 117 Å². The average Bonchev–Trinajstić information content (AvgIpc) is 3.06. The lowest BCUT2D eigenvalue weighted by atomic mass is 9.99. The van der Waals surface area contributed by atoms with Gasteiger partial charge in [-0.05, 0) is 12.8 Å². The molecular formula is C13H21NO6. The van der Waals surface area contributed by atoms with Crippen LogP contribution in [-0.4, -0.2) is 61.7 Å². The zero-order valence-corrected chi connectivity index (χ0v) is 11.4. The van der Waals surface area contributed by atoms with Crippen LogP contribution in [0.5, 0.6) is 0 Å². The third-order valence-corrected chi connectivity index (χ3v) is 3.61. The lowest BCUT2D eigenvalue weighted by molar-refractivity contribution is -0.147. The van der Waals surface area contributed by atoms with E-state index >= 15 is 0 Å². The average molecular weight is 287 g/mol. The van der Waals surface area contributed by atoms with Crippen LogP contribution in [0.4, 0.5) is 0 Å². The lowest BCUT2D eigenvalue weighted by Gasteiger charge is -2.23. The van der Waals surface area contributed by atoms with Gasteiger partial charge in [0.15, 0.2) is 5.54 Å². The third-order valence-electron chi connectivity index (χ3n) is 3.61. The van der Waals surface area contributed by atoms with Crippen molar-refractivity contribution in [2.24, 2.45) is 0 Å². The Morgan fingerprint density at radius 2 is 2.25 bits per heavy atom. The van der Waals surface area contributed by atoms with E-state index in [2.05, 4.69) is 5.32 Å². The van der Waals surface area contributed by atoms with Crippen molar-refractivity contribution in [3.8, 4) is 0 Å². The van der Waals surface area contributed by atoms with Crippen LogP contribution in [0.25, 0.3) is 0 Å². The SMILES string of the molecule is O=C(CCOCC1CCCO1)NC1(C(=O)O)CCOC1. The summed E-state index contributed by atoms with van der Waals surface area (Å²) < 4.78 is 15.8. The predicted octanol–water partition coefficient (Wildman–Crippen LogP) is -0.0680. The topological polar surface area (TPSA) is 94.1 Å². The van der Waals surface area contributed by atoms with Gasteiger partial charge in [0.1, 0.15) is 0 Å². The first-order chi connectivity index (χ1) is 9.62. The quantitative estimate of drug-likeness (QED) is 0.637. The second kappa shape index (κ2) is 7.01. The Kier molecular flexibility index (Phi) is 5.33. The highest BCUT2D eigenvalue weighted by Crippen LogP contribution is 2.19. The Balaban J connectivity index is 1.65. The third kappa shape index (κ3) is 3.91. The number of amides is 1. The van der Waals surface area contributed by atoms with Crippen LogP contribution in [0.15, 0.2) is 0 Å². The van der Waals surface area contributed by atoms with E-state index in [9.17, 15) is 14.7 Å². The van der Waals surface area contributed by atoms with Crippen LogP contribution in [0.3, 0.4) is 0 Å². The van der Waals surface area contributed by atoms with Gasteiger partial charge in [-0.3, -0.25) is 4.79 Å².